The summed E-state index contributed by atoms with van der Waals surface area (Å²) in [4.78, 5) is 9.22. The van der Waals surface area contributed by atoms with E-state index in [9.17, 15) is 8.42 Å². The van der Waals surface area contributed by atoms with Gasteiger partial charge in [0.05, 0.1) is 4.90 Å². The smallest absolute Gasteiger partial charge is 0.269 e. The molecule has 0 atom stereocenters. The fourth-order valence-corrected chi connectivity index (χ4v) is 5.20. The summed E-state index contributed by atoms with van der Waals surface area (Å²) in [5.41, 5.74) is 4.03. The van der Waals surface area contributed by atoms with Crippen molar-refractivity contribution in [1.29, 1.82) is 0 Å². The molecule has 0 radical (unpaired) electrons. The van der Waals surface area contributed by atoms with E-state index in [1.165, 1.54) is 3.97 Å². The molecule has 33 heavy (non-hydrogen) atoms. The largest absolute Gasteiger partial charge is 0.366 e. The summed E-state index contributed by atoms with van der Waals surface area (Å²) in [6.07, 6.45) is 3.25. The average Bonchev–Trinajstić information content (AvgIpc) is 3.24. The first kappa shape index (κ1) is 20.9. The predicted molar refractivity (Wildman–Crippen MR) is 130 cm³/mol. The number of nitrogens with zero attached hydrogens (tertiary/aromatic N) is 3. The second-order valence-corrected chi connectivity index (χ2v) is 9.57. The number of rotatable bonds is 6. The highest BCUT2D eigenvalue weighted by Crippen LogP contribution is 2.33. The van der Waals surface area contributed by atoms with E-state index in [1.54, 1.807) is 42.7 Å². The van der Waals surface area contributed by atoms with Gasteiger partial charge in [0, 0.05) is 35.6 Å². The quantitative estimate of drug-likeness (QED) is 0.379. The van der Waals surface area contributed by atoms with Crippen LogP contribution in [0.3, 0.4) is 0 Å². The van der Waals surface area contributed by atoms with Crippen molar-refractivity contribution in [3.63, 3.8) is 0 Å². The molecule has 0 saturated heterocycles. The number of anilines is 1. The molecular weight excluding hydrogens is 432 g/mol. The van der Waals surface area contributed by atoms with Gasteiger partial charge in [-0.05, 0) is 54.4 Å². The normalized spacial score (nSPS) is 11.5. The van der Waals surface area contributed by atoms with Crippen LogP contribution in [0.2, 0.25) is 0 Å². The highest BCUT2D eigenvalue weighted by molar-refractivity contribution is 7.90. The monoisotopic (exact) mass is 454 g/mol. The highest BCUT2D eigenvalue weighted by Gasteiger charge is 2.22. The summed E-state index contributed by atoms with van der Waals surface area (Å²) in [7, 11) is -3.80. The number of fused-ring (bicyclic) bond motifs is 1. The van der Waals surface area contributed by atoms with Gasteiger partial charge in [-0.15, -0.1) is 0 Å². The van der Waals surface area contributed by atoms with Gasteiger partial charge in [-0.3, -0.25) is 0 Å². The molecule has 3 heterocycles. The minimum Gasteiger partial charge on any atom is -0.366 e. The Bertz CT molecular complexity index is 1530. The van der Waals surface area contributed by atoms with Gasteiger partial charge in [-0.1, -0.05) is 48.5 Å². The fraction of sp³-hybridized carbons (Fsp3) is 0.0769. The minimum absolute atomic E-state index is 0.218. The number of aryl methyl sites for hydroxylation is 1. The van der Waals surface area contributed by atoms with Gasteiger partial charge >= 0.3 is 0 Å². The number of nitrogens with one attached hydrogen (secondary N) is 1. The zero-order valence-electron chi connectivity index (χ0n) is 18.0. The molecule has 0 unspecified atom stereocenters. The lowest BCUT2D eigenvalue weighted by Gasteiger charge is -2.09. The lowest BCUT2D eigenvalue weighted by atomic mass is 10.1. The van der Waals surface area contributed by atoms with Crippen molar-refractivity contribution in [2.75, 3.05) is 5.32 Å². The average molecular weight is 455 g/mol. The Kier molecular flexibility index (Phi) is 5.40. The van der Waals surface area contributed by atoms with Crippen LogP contribution in [-0.4, -0.2) is 22.4 Å². The first-order valence-corrected chi connectivity index (χ1v) is 12.0. The predicted octanol–water partition coefficient (Wildman–Crippen LogP) is 5.26. The number of hydrogen-bond donors (Lipinski definition) is 1. The maximum Gasteiger partial charge on any atom is 0.269 e. The molecule has 6 nitrogen and oxygen atoms in total. The summed E-state index contributed by atoms with van der Waals surface area (Å²) >= 11 is 0. The van der Waals surface area contributed by atoms with Gasteiger partial charge in [0.25, 0.3) is 10.0 Å². The molecule has 164 valence electrons. The molecule has 0 aliphatic carbocycles. The van der Waals surface area contributed by atoms with Crippen molar-refractivity contribution in [3.8, 4) is 11.1 Å². The van der Waals surface area contributed by atoms with Crippen LogP contribution in [0.25, 0.3) is 22.2 Å². The molecule has 0 bridgehead atoms. The highest BCUT2D eigenvalue weighted by atomic mass is 32.2. The second-order valence-electron chi connectivity index (χ2n) is 7.75. The molecule has 0 aliphatic rings. The van der Waals surface area contributed by atoms with Crippen LogP contribution in [0.5, 0.6) is 0 Å². The molecule has 0 aliphatic heterocycles. The molecule has 0 fully saturated rings. The van der Waals surface area contributed by atoms with E-state index in [0.29, 0.717) is 12.2 Å². The maximum atomic E-state index is 13.4. The van der Waals surface area contributed by atoms with Gasteiger partial charge in [0.1, 0.15) is 5.82 Å². The summed E-state index contributed by atoms with van der Waals surface area (Å²) in [6, 6.07) is 26.1. The third kappa shape index (κ3) is 4.10. The van der Waals surface area contributed by atoms with E-state index < -0.39 is 10.0 Å². The Balaban J connectivity index is 1.59. The zero-order chi connectivity index (χ0) is 22.8. The van der Waals surface area contributed by atoms with Crippen molar-refractivity contribution < 1.29 is 8.42 Å². The Labute approximate surface area is 192 Å². The first-order valence-electron chi connectivity index (χ1n) is 10.6. The van der Waals surface area contributed by atoms with E-state index >= 15 is 0 Å². The molecule has 3 aromatic heterocycles. The third-order valence-corrected chi connectivity index (χ3v) is 7.08. The van der Waals surface area contributed by atoms with E-state index in [4.69, 9.17) is 0 Å². The Morgan fingerprint density at radius 2 is 1.64 bits per heavy atom. The van der Waals surface area contributed by atoms with Gasteiger partial charge < -0.3 is 5.32 Å². The number of benzene rings is 2. The lowest BCUT2D eigenvalue weighted by molar-refractivity contribution is 0.589. The molecular formula is C26H22N4O2S. The first-order chi connectivity index (χ1) is 16.0. The molecule has 5 aromatic rings. The summed E-state index contributed by atoms with van der Waals surface area (Å²) in [5.74, 6) is 0.726. The zero-order valence-corrected chi connectivity index (χ0v) is 18.8. The SMILES string of the molecule is Cc1cc(-c2cn(S(=O)(=O)c3ccccc3)c3ncccc23)cc(NCc2ccccc2)n1. The van der Waals surface area contributed by atoms with Gasteiger partial charge in [0.15, 0.2) is 5.65 Å². The molecule has 0 spiro atoms. The number of aromatic nitrogens is 3. The maximum absolute atomic E-state index is 13.4. The third-order valence-electron chi connectivity index (χ3n) is 5.41. The van der Waals surface area contributed by atoms with Crippen LogP contribution in [0, 0.1) is 6.92 Å². The topological polar surface area (TPSA) is 76.9 Å². The van der Waals surface area contributed by atoms with Crippen molar-refractivity contribution in [3.05, 3.63) is 109 Å². The van der Waals surface area contributed by atoms with Crippen molar-refractivity contribution in [2.24, 2.45) is 0 Å². The molecule has 2 aromatic carbocycles. The molecule has 5 rings (SSSR count). The summed E-state index contributed by atoms with van der Waals surface area (Å²) in [6.45, 7) is 2.57. The van der Waals surface area contributed by atoms with Gasteiger partial charge in [0.2, 0.25) is 0 Å². The molecule has 0 amide bonds. The Hall–Kier alpha value is -3.97. The standard InChI is InChI=1S/C26H22N4O2S/c1-19-15-21(16-25(29-19)28-17-20-9-4-2-5-10-20)24-18-30(26-23(24)13-8-14-27-26)33(31,32)22-11-6-3-7-12-22/h2-16,18H,17H2,1H3,(H,28,29). The van der Waals surface area contributed by atoms with E-state index in [1.807, 2.05) is 49.4 Å². The summed E-state index contributed by atoms with van der Waals surface area (Å²) < 4.78 is 28.0. The minimum atomic E-state index is -3.80. The Morgan fingerprint density at radius 3 is 2.39 bits per heavy atom. The van der Waals surface area contributed by atoms with Crippen molar-refractivity contribution in [1.82, 2.24) is 13.9 Å². The summed E-state index contributed by atoms with van der Waals surface area (Å²) in [5, 5.41) is 4.13. The molecule has 1 N–H and O–H groups in total. The van der Waals surface area contributed by atoms with E-state index in [0.717, 1.165) is 33.6 Å². The number of pyridine rings is 2. The van der Waals surface area contributed by atoms with Crippen LogP contribution >= 0.6 is 0 Å². The van der Waals surface area contributed by atoms with Crippen LogP contribution in [0.4, 0.5) is 5.82 Å². The van der Waals surface area contributed by atoms with Crippen molar-refractivity contribution in [2.45, 2.75) is 18.4 Å². The van der Waals surface area contributed by atoms with Gasteiger partial charge in [-0.2, -0.15) is 0 Å². The second kappa shape index (κ2) is 8.52. The fourth-order valence-electron chi connectivity index (χ4n) is 3.85. The van der Waals surface area contributed by atoms with Crippen LogP contribution in [0.1, 0.15) is 11.3 Å². The lowest BCUT2D eigenvalue weighted by Crippen LogP contribution is -2.12. The van der Waals surface area contributed by atoms with Crippen molar-refractivity contribution >= 4 is 26.9 Å². The van der Waals surface area contributed by atoms with Crippen LogP contribution < -0.4 is 5.32 Å². The van der Waals surface area contributed by atoms with E-state index in [-0.39, 0.29) is 4.90 Å². The Morgan fingerprint density at radius 1 is 0.909 bits per heavy atom. The van der Waals surface area contributed by atoms with Crippen LogP contribution in [0.15, 0.2) is 102 Å². The molecule has 0 saturated carbocycles. The van der Waals surface area contributed by atoms with Gasteiger partial charge in [-0.25, -0.2) is 22.4 Å². The van der Waals surface area contributed by atoms with E-state index in [2.05, 4.69) is 27.4 Å². The van der Waals surface area contributed by atoms with Crippen LogP contribution in [-0.2, 0) is 16.6 Å². The molecule has 7 heteroatoms. The number of hydrogen-bond acceptors (Lipinski definition) is 5.